The number of carbonyl (C=O) groups is 1. The highest BCUT2D eigenvalue weighted by atomic mass is 32.2. The molecule has 0 bridgehead atoms. The molecule has 7 heteroatoms. The Labute approximate surface area is 153 Å². The Morgan fingerprint density at radius 2 is 1.92 bits per heavy atom. The van der Waals surface area contributed by atoms with Gasteiger partial charge in [-0.3, -0.25) is 10.0 Å². The molecule has 1 aliphatic rings. The van der Waals surface area contributed by atoms with Crippen molar-refractivity contribution in [1.29, 1.82) is 0 Å². The normalized spacial score (nSPS) is 21.6. The molecule has 26 heavy (non-hydrogen) atoms. The van der Waals surface area contributed by atoms with E-state index in [0.717, 1.165) is 0 Å². The minimum atomic E-state index is -3.81. The molecule has 2 rings (SSSR count). The van der Waals surface area contributed by atoms with E-state index >= 15 is 0 Å². The first kappa shape index (κ1) is 19.8. The van der Waals surface area contributed by atoms with E-state index in [9.17, 15) is 13.2 Å². The van der Waals surface area contributed by atoms with Gasteiger partial charge in [0.2, 0.25) is 0 Å². The third-order valence-corrected chi connectivity index (χ3v) is 5.75. The van der Waals surface area contributed by atoms with Crippen molar-refractivity contribution in [2.45, 2.75) is 11.8 Å². The molecule has 1 aromatic carbocycles. The summed E-state index contributed by atoms with van der Waals surface area (Å²) in [6.07, 6.45) is 6.15. The van der Waals surface area contributed by atoms with Crippen LogP contribution in [-0.4, -0.2) is 31.9 Å². The van der Waals surface area contributed by atoms with Crippen LogP contribution in [0.15, 0.2) is 53.5 Å². The summed E-state index contributed by atoms with van der Waals surface area (Å²) in [4.78, 5) is 12.2. The topological polar surface area (TPSA) is 92.7 Å². The van der Waals surface area contributed by atoms with Crippen molar-refractivity contribution in [2.75, 3.05) is 12.4 Å². The number of hydroxylamine groups is 1. The first-order chi connectivity index (χ1) is 12.3. The largest absolute Gasteiger partial charge is 0.481 e. The van der Waals surface area contributed by atoms with E-state index in [1.807, 2.05) is 0 Å². The molecule has 1 aromatic rings. The predicted molar refractivity (Wildman–Crippen MR) is 96.9 cm³/mol. The van der Waals surface area contributed by atoms with Crippen LogP contribution in [0.2, 0.25) is 0 Å². The second-order valence-electron chi connectivity index (χ2n) is 5.81. The van der Waals surface area contributed by atoms with Crippen LogP contribution in [0.4, 0.5) is 0 Å². The van der Waals surface area contributed by atoms with E-state index in [2.05, 4.69) is 18.8 Å². The lowest BCUT2D eigenvalue weighted by molar-refractivity contribution is -0.134. The average molecular weight is 374 g/mol. The summed E-state index contributed by atoms with van der Waals surface area (Å²) in [5, 5.41) is 9.02. The molecule has 0 fully saturated rings. The minimum absolute atomic E-state index is 0.0510. The standard InChI is InChI=1S/C19H20NO5S/c1-3-4-13-25-16-5-7-17(8-6-16)26(23,24)14-19(18(21)20-22)11-9-15(2)10-12-19/h5-12,15,22H,2,13-14H2,1H3,(H,20,21). The number of sulfone groups is 1. The Morgan fingerprint density at radius 1 is 1.31 bits per heavy atom. The molecular formula is C19H20NO5S. The van der Waals surface area contributed by atoms with Crippen LogP contribution in [0.3, 0.4) is 0 Å². The summed E-state index contributed by atoms with van der Waals surface area (Å²) >= 11 is 0. The first-order valence-electron chi connectivity index (χ1n) is 7.84. The monoisotopic (exact) mass is 374 g/mol. The quantitative estimate of drug-likeness (QED) is 0.344. The summed E-state index contributed by atoms with van der Waals surface area (Å²) in [6.45, 7) is 5.71. The fourth-order valence-corrected chi connectivity index (χ4v) is 4.13. The molecule has 0 saturated carbocycles. The van der Waals surface area contributed by atoms with Crippen molar-refractivity contribution in [3.8, 4) is 17.6 Å². The summed E-state index contributed by atoms with van der Waals surface area (Å²) in [5.41, 5.74) is 0.0506. The van der Waals surface area contributed by atoms with Crippen molar-refractivity contribution in [2.24, 2.45) is 11.3 Å². The van der Waals surface area contributed by atoms with Crippen LogP contribution in [0.5, 0.6) is 5.75 Å². The van der Waals surface area contributed by atoms with E-state index in [-0.39, 0.29) is 17.4 Å². The van der Waals surface area contributed by atoms with Gasteiger partial charge in [0.05, 0.1) is 10.6 Å². The smallest absolute Gasteiger partial charge is 0.258 e. The van der Waals surface area contributed by atoms with E-state index in [1.165, 1.54) is 36.4 Å². The van der Waals surface area contributed by atoms with Gasteiger partial charge in [0.15, 0.2) is 9.84 Å². The number of allylic oxidation sites excluding steroid dienone is 2. The highest BCUT2D eigenvalue weighted by molar-refractivity contribution is 7.91. The molecule has 1 aliphatic carbocycles. The number of hydrogen-bond donors (Lipinski definition) is 2. The molecule has 0 spiro atoms. The summed E-state index contributed by atoms with van der Waals surface area (Å²) in [7, 11) is -3.81. The van der Waals surface area contributed by atoms with E-state index < -0.39 is 26.9 Å². The number of carbonyl (C=O) groups excluding carboxylic acids is 1. The van der Waals surface area contributed by atoms with Crippen LogP contribution >= 0.6 is 0 Å². The van der Waals surface area contributed by atoms with Gasteiger partial charge in [0.1, 0.15) is 17.8 Å². The minimum Gasteiger partial charge on any atom is -0.481 e. The maximum Gasteiger partial charge on any atom is 0.258 e. The van der Waals surface area contributed by atoms with Crippen molar-refractivity contribution in [3.05, 3.63) is 55.5 Å². The van der Waals surface area contributed by atoms with Crippen molar-refractivity contribution < 1.29 is 23.2 Å². The maximum atomic E-state index is 12.8. The van der Waals surface area contributed by atoms with Gasteiger partial charge in [0.25, 0.3) is 5.91 Å². The molecule has 0 aliphatic heterocycles. The number of amides is 1. The van der Waals surface area contributed by atoms with Crippen LogP contribution in [-0.2, 0) is 14.6 Å². The number of rotatable bonds is 6. The average Bonchev–Trinajstić information content (AvgIpc) is 2.63. The molecule has 1 amide bonds. The van der Waals surface area contributed by atoms with Crippen molar-refractivity contribution in [3.63, 3.8) is 0 Å². The number of nitrogens with one attached hydrogen (secondary N) is 1. The Balaban J connectivity index is 2.25. The fraction of sp³-hybridized carbons (Fsp3) is 0.263. The molecule has 0 saturated heterocycles. The summed E-state index contributed by atoms with van der Waals surface area (Å²) < 4.78 is 30.9. The first-order valence-corrected chi connectivity index (χ1v) is 9.50. The van der Waals surface area contributed by atoms with E-state index in [1.54, 1.807) is 24.6 Å². The third-order valence-electron chi connectivity index (χ3n) is 3.91. The Kier molecular flexibility index (Phi) is 6.24. The lowest BCUT2D eigenvalue weighted by atomic mass is 9.83. The second-order valence-corrected chi connectivity index (χ2v) is 7.80. The molecule has 6 nitrogen and oxygen atoms in total. The summed E-state index contributed by atoms with van der Waals surface area (Å²) in [5.74, 6) is 4.43. The maximum absolute atomic E-state index is 12.8. The highest BCUT2D eigenvalue weighted by Gasteiger charge is 2.40. The van der Waals surface area contributed by atoms with Gasteiger partial charge in [-0.1, -0.05) is 30.2 Å². The molecule has 0 aromatic heterocycles. The van der Waals surface area contributed by atoms with E-state index in [0.29, 0.717) is 5.75 Å². The van der Waals surface area contributed by atoms with Gasteiger partial charge in [-0.2, -0.15) is 0 Å². The van der Waals surface area contributed by atoms with Gasteiger partial charge < -0.3 is 4.74 Å². The van der Waals surface area contributed by atoms with Gasteiger partial charge in [-0.25, -0.2) is 13.9 Å². The molecule has 0 heterocycles. The molecule has 137 valence electrons. The molecule has 0 atom stereocenters. The SMILES string of the molecule is [CH2]C1C=CC(CS(=O)(=O)c2ccc(OCC#CC)cc2)(C(=O)NO)C=C1. The number of hydrogen-bond acceptors (Lipinski definition) is 5. The second kappa shape index (κ2) is 8.21. The van der Waals surface area contributed by atoms with Gasteiger partial charge in [-0.05, 0) is 44.0 Å². The Hall–Kier alpha value is -2.56. The van der Waals surface area contributed by atoms with Gasteiger partial charge in [0, 0.05) is 0 Å². The Morgan fingerprint density at radius 3 is 2.46 bits per heavy atom. The van der Waals surface area contributed by atoms with E-state index in [4.69, 9.17) is 9.94 Å². The van der Waals surface area contributed by atoms with Gasteiger partial charge >= 0.3 is 0 Å². The zero-order valence-corrected chi connectivity index (χ0v) is 15.1. The summed E-state index contributed by atoms with van der Waals surface area (Å²) in [6, 6.07) is 5.88. The molecule has 0 unspecified atom stereocenters. The van der Waals surface area contributed by atoms with Gasteiger partial charge in [-0.15, -0.1) is 5.92 Å². The predicted octanol–water partition coefficient (Wildman–Crippen LogP) is 1.93. The fourth-order valence-electron chi connectivity index (χ4n) is 2.46. The number of ether oxygens (including phenoxy) is 1. The lowest BCUT2D eigenvalue weighted by Crippen LogP contribution is -2.42. The van der Waals surface area contributed by atoms with Crippen LogP contribution in [0, 0.1) is 30.1 Å². The van der Waals surface area contributed by atoms with Crippen LogP contribution in [0.25, 0.3) is 0 Å². The van der Waals surface area contributed by atoms with Crippen LogP contribution in [0.1, 0.15) is 6.92 Å². The molecule has 2 N–H and O–H groups in total. The lowest BCUT2D eigenvalue weighted by Gasteiger charge is -2.27. The molecule has 1 radical (unpaired) electrons. The zero-order valence-electron chi connectivity index (χ0n) is 14.3. The third kappa shape index (κ3) is 4.54. The molecular weight excluding hydrogens is 354 g/mol. The highest BCUT2D eigenvalue weighted by Crippen LogP contribution is 2.32. The Bertz CT molecular complexity index is 859. The van der Waals surface area contributed by atoms with Crippen molar-refractivity contribution >= 4 is 15.7 Å². The van der Waals surface area contributed by atoms with Crippen LogP contribution < -0.4 is 10.2 Å². The van der Waals surface area contributed by atoms with Crippen molar-refractivity contribution in [1.82, 2.24) is 5.48 Å². The number of benzene rings is 1. The zero-order chi connectivity index (χ0) is 19.2.